The molecule has 12 heteroatoms. The molecule has 2 saturated carbocycles. The van der Waals surface area contributed by atoms with E-state index in [0.717, 1.165) is 49.3 Å². The molecule has 0 aromatic heterocycles. The second kappa shape index (κ2) is 14.1. The number of fused-ring (bicyclic) bond motifs is 1. The predicted octanol–water partition coefficient (Wildman–Crippen LogP) is 4.06. The number of primary amides is 1. The van der Waals surface area contributed by atoms with E-state index in [-0.39, 0.29) is 31.7 Å². The number of carbonyl (C=O) groups is 5. The van der Waals surface area contributed by atoms with Crippen LogP contribution in [0.3, 0.4) is 0 Å². The highest BCUT2D eigenvalue weighted by atomic mass is 16.2. The van der Waals surface area contributed by atoms with Gasteiger partial charge >= 0.3 is 0 Å². The van der Waals surface area contributed by atoms with Gasteiger partial charge in [0.15, 0.2) is 0 Å². The van der Waals surface area contributed by atoms with Crippen molar-refractivity contribution < 1.29 is 24.0 Å². The second-order valence-electron chi connectivity index (χ2n) is 12.8. The van der Waals surface area contributed by atoms with Crippen LogP contribution >= 0.6 is 0 Å². The summed E-state index contributed by atoms with van der Waals surface area (Å²) in [4.78, 5) is 70.9. The number of azide groups is 1. The summed E-state index contributed by atoms with van der Waals surface area (Å²) in [7, 11) is 0. The second-order valence-corrected chi connectivity index (χ2v) is 12.8. The van der Waals surface area contributed by atoms with Gasteiger partial charge in [-0.15, -0.1) is 0 Å². The minimum atomic E-state index is -1.43. The van der Waals surface area contributed by atoms with Crippen LogP contribution in [-0.2, 0) is 19.2 Å². The molecule has 0 bridgehead atoms. The van der Waals surface area contributed by atoms with Gasteiger partial charge in [0.2, 0.25) is 17.6 Å². The van der Waals surface area contributed by atoms with Gasteiger partial charge in [0.25, 0.3) is 11.8 Å². The molecular formula is C33H41N7O5. The quantitative estimate of drug-likeness (QED) is 0.157. The Bertz CT molecular complexity index is 1510. The number of amides is 4. The first-order chi connectivity index (χ1) is 21.7. The minimum absolute atomic E-state index is 0.00917. The van der Waals surface area contributed by atoms with Gasteiger partial charge in [0.1, 0.15) is 17.6 Å². The molecule has 1 unspecified atom stereocenters. The van der Waals surface area contributed by atoms with Crippen LogP contribution in [0.1, 0.15) is 87.4 Å². The fourth-order valence-corrected chi connectivity index (χ4v) is 7.33. The molecule has 1 aliphatic heterocycles. The van der Waals surface area contributed by atoms with Gasteiger partial charge < -0.3 is 21.3 Å². The standard InChI is InChI=1S/C33H41N7O5/c34-29(42)28(41)33(15-7-2-8-16-33)37-31(44)27-19-25(38-39-35)20-40(27)32(45)26(17-21-9-3-1-4-10-21)36-30(43)24-14-13-22-11-5-6-12-23(22)18-24/h5-6,11-14,18,21,25-27H,1-4,7-10,15-17,19-20H2,(H2,34,42)(H,36,43)(H,37,44)/t25?,26-,27+/m1/s1. The number of hydrogen-bond donors (Lipinski definition) is 3. The van der Waals surface area contributed by atoms with Crippen molar-refractivity contribution in [2.45, 2.75) is 101 Å². The van der Waals surface area contributed by atoms with Crippen LogP contribution in [-0.4, -0.2) is 64.5 Å². The van der Waals surface area contributed by atoms with E-state index in [1.165, 1.54) is 4.90 Å². The van der Waals surface area contributed by atoms with Crippen LogP contribution in [0, 0.1) is 5.92 Å². The molecule has 2 aliphatic carbocycles. The third-order valence-electron chi connectivity index (χ3n) is 9.72. The van der Waals surface area contributed by atoms with Crippen LogP contribution in [0.5, 0.6) is 0 Å². The average molecular weight is 616 g/mol. The zero-order valence-electron chi connectivity index (χ0n) is 25.5. The van der Waals surface area contributed by atoms with E-state index in [2.05, 4.69) is 20.7 Å². The first-order valence-electron chi connectivity index (χ1n) is 16.0. The molecule has 45 heavy (non-hydrogen) atoms. The van der Waals surface area contributed by atoms with Crippen molar-refractivity contribution in [1.29, 1.82) is 0 Å². The Kier molecular flexibility index (Phi) is 10.0. The van der Waals surface area contributed by atoms with E-state index in [1.807, 2.05) is 30.3 Å². The first kappa shape index (κ1) is 32.0. The van der Waals surface area contributed by atoms with E-state index in [1.54, 1.807) is 12.1 Å². The molecule has 0 spiro atoms. The van der Waals surface area contributed by atoms with Crippen LogP contribution in [0.15, 0.2) is 47.6 Å². The summed E-state index contributed by atoms with van der Waals surface area (Å²) in [6, 6.07) is 10.4. The van der Waals surface area contributed by atoms with E-state index in [9.17, 15) is 24.0 Å². The molecule has 4 N–H and O–H groups in total. The number of Topliss-reactive ketones (excluding diaryl/α,β-unsaturated/α-hetero) is 1. The number of benzene rings is 2. The van der Waals surface area contributed by atoms with Crippen molar-refractivity contribution in [1.82, 2.24) is 15.5 Å². The maximum absolute atomic E-state index is 14.3. The van der Waals surface area contributed by atoms with Crippen molar-refractivity contribution in [3.05, 3.63) is 58.5 Å². The average Bonchev–Trinajstić information content (AvgIpc) is 3.48. The van der Waals surface area contributed by atoms with Crippen molar-refractivity contribution >= 4 is 40.2 Å². The van der Waals surface area contributed by atoms with Gasteiger partial charge in [-0.25, -0.2) is 0 Å². The molecule has 3 atom stereocenters. The molecule has 5 rings (SSSR count). The Morgan fingerprint density at radius 2 is 1.67 bits per heavy atom. The van der Waals surface area contributed by atoms with E-state index < -0.39 is 53.1 Å². The molecule has 1 heterocycles. The van der Waals surface area contributed by atoms with Gasteiger partial charge in [0.05, 0.1) is 6.04 Å². The lowest BCUT2D eigenvalue weighted by molar-refractivity contribution is -0.145. The number of carbonyl (C=O) groups excluding carboxylic acids is 5. The Labute approximate surface area is 262 Å². The van der Waals surface area contributed by atoms with Crippen LogP contribution in [0.2, 0.25) is 0 Å². The van der Waals surface area contributed by atoms with Crippen LogP contribution in [0.25, 0.3) is 21.2 Å². The number of likely N-dealkylation sites (tertiary alicyclic amines) is 1. The third kappa shape index (κ3) is 7.28. The summed E-state index contributed by atoms with van der Waals surface area (Å²) in [6.07, 6.45) is 8.26. The predicted molar refractivity (Wildman–Crippen MR) is 168 cm³/mol. The number of nitrogens with two attached hydrogens (primary N) is 1. The number of nitrogens with one attached hydrogen (secondary N) is 2. The molecule has 0 radical (unpaired) electrons. The summed E-state index contributed by atoms with van der Waals surface area (Å²) >= 11 is 0. The van der Waals surface area contributed by atoms with Crippen molar-refractivity contribution in [2.24, 2.45) is 16.8 Å². The zero-order chi connectivity index (χ0) is 32.0. The number of hydrogen-bond acceptors (Lipinski definition) is 6. The van der Waals surface area contributed by atoms with Gasteiger partial charge in [-0.3, -0.25) is 24.0 Å². The zero-order valence-corrected chi connectivity index (χ0v) is 25.5. The molecule has 4 amide bonds. The molecule has 2 aromatic rings. The topological polar surface area (TPSA) is 187 Å². The molecular weight excluding hydrogens is 574 g/mol. The Balaban J connectivity index is 1.41. The summed E-state index contributed by atoms with van der Waals surface area (Å²) in [5.41, 5.74) is 13.5. The maximum atomic E-state index is 14.3. The number of nitrogens with zero attached hydrogens (tertiary/aromatic N) is 4. The molecule has 1 saturated heterocycles. The Morgan fingerprint density at radius 1 is 0.978 bits per heavy atom. The Morgan fingerprint density at radius 3 is 2.36 bits per heavy atom. The molecule has 12 nitrogen and oxygen atoms in total. The highest BCUT2D eigenvalue weighted by Gasteiger charge is 2.48. The van der Waals surface area contributed by atoms with E-state index in [0.29, 0.717) is 24.8 Å². The molecule has 3 fully saturated rings. The van der Waals surface area contributed by atoms with E-state index >= 15 is 0 Å². The first-order valence-corrected chi connectivity index (χ1v) is 16.0. The third-order valence-corrected chi connectivity index (χ3v) is 9.72. The lowest BCUT2D eigenvalue weighted by Crippen LogP contribution is -2.62. The highest BCUT2D eigenvalue weighted by Crippen LogP contribution is 2.32. The normalized spacial score (nSPS) is 22.2. The molecule has 3 aliphatic rings. The largest absolute Gasteiger partial charge is 0.363 e. The Hall–Kier alpha value is -4.44. The highest BCUT2D eigenvalue weighted by molar-refractivity contribution is 6.39. The lowest BCUT2D eigenvalue weighted by Gasteiger charge is -2.38. The van der Waals surface area contributed by atoms with Crippen molar-refractivity contribution in [2.75, 3.05) is 6.54 Å². The fraction of sp³-hybridized carbons (Fsp3) is 0.545. The van der Waals surface area contributed by atoms with Crippen molar-refractivity contribution in [3.8, 4) is 0 Å². The summed E-state index contributed by atoms with van der Waals surface area (Å²) in [5.74, 6) is -3.18. The van der Waals surface area contributed by atoms with Gasteiger partial charge in [-0.2, -0.15) is 0 Å². The molecule has 238 valence electrons. The SMILES string of the molecule is [N-]=[N+]=NC1C[C@@H](C(=O)NC2(C(=O)C(N)=O)CCCCC2)N(C(=O)[C@@H](CC2CCCCC2)NC(=O)c2ccc3ccccc3c2)C1. The monoisotopic (exact) mass is 615 g/mol. The minimum Gasteiger partial charge on any atom is -0.363 e. The number of rotatable bonds is 10. The van der Waals surface area contributed by atoms with Crippen LogP contribution < -0.4 is 16.4 Å². The lowest BCUT2D eigenvalue weighted by atomic mass is 9.78. The van der Waals surface area contributed by atoms with Crippen LogP contribution in [0.4, 0.5) is 0 Å². The summed E-state index contributed by atoms with van der Waals surface area (Å²) in [5, 5.41) is 11.5. The van der Waals surface area contributed by atoms with Gasteiger partial charge in [0, 0.05) is 17.0 Å². The number of ketones is 1. The maximum Gasteiger partial charge on any atom is 0.287 e. The van der Waals surface area contributed by atoms with E-state index in [4.69, 9.17) is 11.3 Å². The molecule has 2 aromatic carbocycles. The van der Waals surface area contributed by atoms with Gasteiger partial charge in [-0.05, 0) is 60.0 Å². The summed E-state index contributed by atoms with van der Waals surface area (Å²) in [6.45, 7) is -0.00917. The smallest absolute Gasteiger partial charge is 0.287 e. The van der Waals surface area contributed by atoms with Crippen molar-refractivity contribution in [3.63, 3.8) is 0 Å². The fourth-order valence-electron chi connectivity index (χ4n) is 7.33. The summed E-state index contributed by atoms with van der Waals surface area (Å²) < 4.78 is 0. The van der Waals surface area contributed by atoms with Gasteiger partial charge in [-0.1, -0.05) is 86.8 Å².